The van der Waals surface area contributed by atoms with E-state index in [1.165, 1.54) is 6.08 Å². The minimum absolute atomic E-state index is 0.372. The SMILES string of the molecule is [C-]#[N+]c1cc(OC)ccc1/C(CC)=C(\c1ccc(/C=C/C(=O)O)cc1)c1ccc2n[nH]c(F)c2c1. The molecule has 174 valence electrons. The number of carbonyl (C=O) groups is 1. The minimum atomic E-state index is -1.02. The molecule has 0 fully saturated rings. The summed E-state index contributed by atoms with van der Waals surface area (Å²) in [6.45, 7) is 9.74. The number of carboxylic acid groups (broad SMARTS) is 1. The Hall–Kier alpha value is -4.70. The Morgan fingerprint density at radius 1 is 1.14 bits per heavy atom. The first-order valence-electron chi connectivity index (χ1n) is 10.9. The van der Waals surface area contributed by atoms with Crippen LogP contribution in [-0.2, 0) is 4.79 Å². The van der Waals surface area contributed by atoms with E-state index in [0.717, 1.165) is 39.5 Å². The van der Waals surface area contributed by atoms with Gasteiger partial charge in [-0.15, -0.1) is 0 Å². The highest BCUT2D eigenvalue weighted by molar-refractivity contribution is 6.02. The van der Waals surface area contributed by atoms with Crippen molar-refractivity contribution in [3.63, 3.8) is 0 Å². The van der Waals surface area contributed by atoms with Crippen molar-refractivity contribution >= 4 is 39.8 Å². The van der Waals surface area contributed by atoms with E-state index >= 15 is 0 Å². The average Bonchev–Trinajstić information content (AvgIpc) is 3.26. The van der Waals surface area contributed by atoms with Gasteiger partial charge in [0.05, 0.1) is 24.6 Å². The summed E-state index contributed by atoms with van der Waals surface area (Å²) in [7, 11) is 1.56. The highest BCUT2D eigenvalue weighted by atomic mass is 19.1. The highest BCUT2D eigenvalue weighted by Crippen LogP contribution is 2.40. The van der Waals surface area contributed by atoms with Gasteiger partial charge in [-0.3, -0.25) is 5.10 Å². The number of fused-ring (bicyclic) bond motifs is 1. The van der Waals surface area contributed by atoms with Crippen LogP contribution in [0.15, 0.2) is 66.7 Å². The quantitative estimate of drug-likeness (QED) is 0.179. The molecule has 7 heteroatoms. The third-order valence-electron chi connectivity index (χ3n) is 5.72. The van der Waals surface area contributed by atoms with Crippen LogP contribution >= 0.6 is 0 Å². The molecular formula is C28H22FN3O3. The summed E-state index contributed by atoms with van der Waals surface area (Å²) in [6, 6.07) is 18.2. The second-order valence-corrected chi connectivity index (χ2v) is 7.77. The van der Waals surface area contributed by atoms with Crippen LogP contribution in [0.25, 0.3) is 33.0 Å². The number of hydrogen-bond acceptors (Lipinski definition) is 3. The number of aromatic nitrogens is 2. The summed E-state index contributed by atoms with van der Waals surface area (Å²) < 4.78 is 19.7. The second kappa shape index (κ2) is 10.1. The van der Waals surface area contributed by atoms with Gasteiger partial charge in [-0.25, -0.2) is 9.64 Å². The molecule has 0 bridgehead atoms. The molecule has 0 aliphatic carbocycles. The second-order valence-electron chi connectivity index (χ2n) is 7.77. The van der Waals surface area contributed by atoms with Crippen molar-refractivity contribution in [3.05, 3.63) is 106 Å². The molecule has 0 saturated heterocycles. The average molecular weight is 468 g/mol. The van der Waals surface area contributed by atoms with Crippen molar-refractivity contribution in [1.29, 1.82) is 0 Å². The lowest BCUT2D eigenvalue weighted by atomic mass is 9.87. The van der Waals surface area contributed by atoms with Crippen molar-refractivity contribution < 1.29 is 19.0 Å². The number of halogens is 1. The van der Waals surface area contributed by atoms with Crippen molar-refractivity contribution in [2.75, 3.05) is 7.11 Å². The lowest BCUT2D eigenvalue weighted by molar-refractivity contribution is -0.131. The van der Waals surface area contributed by atoms with Crippen molar-refractivity contribution in [2.24, 2.45) is 0 Å². The summed E-state index contributed by atoms with van der Waals surface area (Å²) in [4.78, 5) is 14.6. The van der Waals surface area contributed by atoms with Crippen LogP contribution in [0.3, 0.4) is 0 Å². The Balaban J connectivity index is 1.98. The lowest BCUT2D eigenvalue weighted by Crippen LogP contribution is -1.96. The fourth-order valence-corrected chi connectivity index (χ4v) is 4.07. The number of nitrogens with one attached hydrogen (secondary N) is 1. The maximum Gasteiger partial charge on any atom is 0.328 e. The number of ether oxygens (including phenoxy) is 1. The number of hydrogen-bond donors (Lipinski definition) is 2. The highest BCUT2D eigenvalue weighted by Gasteiger charge is 2.18. The van der Waals surface area contributed by atoms with Crippen molar-refractivity contribution in [1.82, 2.24) is 10.2 Å². The molecule has 1 heterocycles. The monoisotopic (exact) mass is 467 g/mol. The Morgan fingerprint density at radius 3 is 2.54 bits per heavy atom. The zero-order valence-corrected chi connectivity index (χ0v) is 19.2. The van der Waals surface area contributed by atoms with Gasteiger partial charge < -0.3 is 9.84 Å². The molecule has 0 atom stereocenters. The Labute approximate surface area is 201 Å². The molecule has 3 aromatic carbocycles. The van der Waals surface area contributed by atoms with Gasteiger partial charge in [0.2, 0.25) is 5.95 Å². The van der Waals surface area contributed by atoms with Crippen LogP contribution in [0.4, 0.5) is 10.1 Å². The summed E-state index contributed by atoms with van der Waals surface area (Å²) in [5.74, 6) is -0.947. The standard InChI is InChI=1S/C28H22FN3O3/c1-4-21(22-12-11-20(35-3)16-25(22)30-2)27(18-8-5-17(6-9-18)7-14-26(33)34)19-10-13-24-23(15-19)28(29)32-31-24/h5-16H,4H2,1,3H3,(H,31,32)(H,33,34)/b14-7+,27-21+. The van der Waals surface area contributed by atoms with E-state index < -0.39 is 11.9 Å². The van der Waals surface area contributed by atoms with Gasteiger partial charge in [0.15, 0.2) is 5.69 Å². The molecule has 1 aromatic heterocycles. The van der Waals surface area contributed by atoms with Gasteiger partial charge in [0, 0.05) is 6.08 Å². The normalized spacial score (nSPS) is 11.9. The number of rotatable bonds is 7. The predicted molar refractivity (Wildman–Crippen MR) is 135 cm³/mol. The Bertz CT molecular complexity index is 1510. The molecule has 4 rings (SSSR count). The van der Waals surface area contributed by atoms with Crippen LogP contribution in [0.2, 0.25) is 0 Å². The first kappa shape index (κ1) is 23.5. The van der Waals surface area contributed by atoms with E-state index in [1.807, 2.05) is 49.4 Å². The molecule has 2 N–H and O–H groups in total. The Morgan fingerprint density at radius 2 is 1.89 bits per heavy atom. The smallest absolute Gasteiger partial charge is 0.328 e. The summed E-state index contributed by atoms with van der Waals surface area (Å²) in [5.41, 5.74) is 5.85. The fraction of sp³-hybridized carbons (Fsp3) is 0.107. The van der Waals surface area contributed by atoms with Crippen LogP contribution in [-0.4, -0.2) is 28.4 Å². The van der Waals surface area contributed by atoms with Gasteiger partial charge >= 0.3 is 5.97 Å². The number of H-pyrrole nitrogens is 1. The van der Waals surface area contributed by atoms with Gasteiger partial charge in [0.25, 0.3) is 0 Å². The zero-order chi connectivity index (χ0) is 24.9. The number of benzene rings is 3. The number of carboxylic acids is 1. The zero-order valence-electron chi connectivity index (χ0n) is 19.2. The maximum atomic E-state index is 14.4. The number of methoxy groups -OCH3 is 1. The van der Waals surface area contributed by atoms with Crippen LogP contribution < -0.4 is 4.74 Å². The third-order valence-corrected chi connectivity index (χ3v) is 5.72. The third kappa shape index (κ3) is 4.82. The van der Waals surface area contributed by atoms with Crippen molar-refractivity contribution in [2.45, 2.75) is 13.3 Å². The number of aromatic amines is 1. The molecule has 0 radical (unpaired) electrons. The fourth-order valence-electron chi connectivity index (χ4n) is 4.07. The molecule has 35 heavy (non-hydrogen) atoms. The van der Waals surface area contributed by atoms with E-state index in [4.69, 9.17) is 16.4 Å². The van der Waals surface area contributed by atoms with E-state index in [2.05, 4.69) is 15.0 Å². The number of aliphatic carboxylic acids is 1. The molecule has 0 saturated carbocycles. The summed E-state index contributed by atoms with van der Waals surface area (Å²) in [6.07, 6.45) is 3.21. The van der Waals surface area contributed by atoms with E-state index in [1.54, 1.807) is 25.3 Å². The number of nitrogens with zero attached hydrogens (tertiary/aromatic N) is 2. The first-order valence-corrected chi connectivity index (χ1v) is 10.9. The van der Waals surface area contributed by atoms with Gasteiger partial charge in [-0.2, -0.15) is 9.49 Å². The van der Waals surface area contributed by atoms with E-state index in [0.29, 0.717) is 28.8 Å². The lowest BCUT2D eigenvalue weighted by Gasteiger charge is -2.18. The summed E-state index contributed by atoms with van der Waals surface area (Å²) in [5, 5.41) is 15.6. The van der Waals surface area contributed by atoms with Gasteiger partial charge in [-0.05, 0) is 70.2 Å². The molecule has 4 aromatic rings. The predicted octanol–water partition coefficient (Wildman–Crippen LogP) is 6.73. The van der Waals surface area contributed by atoms with Crippen molar-refractivity contribution in [3.8, 4) is 5.75 Å². The van der Waals surface area contributed by atoms with Crippen LogP contribution in [0.5, 0.6) is 5.75 Å². The van der Waals surface area contributed by atoms with Crippen LogP contribution in [0, 0.1) is 12.5 Å². The summed E-state index contributed by atoms with van der Waals surface area (Å²) >= 11 is 0. The van der Waals surface area contributed by atoms with Gasteiger partial charge in [-0.1, -0.05) is 43.3 Å². The number of allylic oxidation sites excluding steroid dienone is 1. The van der Waals surface area contributed by atoms with Gasteiger partial charge in [0.1, 0.15) is 5.75 Å². The van der Waals surface area contributed by atoms with E-state index in [9.17, 15) is 9.18 Å². The first-order chi connectivity index (χ1) is 16.9. The Kier molecular flexibility index (Phi) is 6.74. The molecule has 6 nitrogen and oxygen atoms in total. The molecule has 0 spiro atoms. The molecule has 0 unspecified atom stereocenters. The largest absolute Gasteiger partial charge is 0.498 e. The van der Waals surface area contributed by atoms with E-state index in [-0.39, 0.29) is 0 Å². The van der Waals surface area contributed by atoms with Crippen LogP contribution in [0.1, 0.15) is 35.6 Å². The maximum absolute atomic E-state index is 14.4. The minimum Gasteiger partial charge on any atom is -0.498 e. The molecular weight excluding hydrogens is 445 g/mol. The molecule has 0 aliphatic heterocycles. The molecule has 0 amide bonds. The topological polar surface area (TPSA) is 79.6 Å². The molecule has 0 aliphatic rings.